The summed E-state index contributed by atoms with van der Waals surface area (Å²) in [6, 6.07) is 3.28. The Kier molecular flexibility index (Phi) is 5.18. The van der Waals surface area contributed by atoms with Crippen molar-refractivity contribution in [1.29, 1.82) is 0 Å². The van der Waals surface area contributed by atoms with Crippen LogP contribution < -0.4 is 5.32 Å². The van der Waals surface area contributed by atoms with Crippen molar-refractivity contribution in [3.63, 3.8) is 0 Å². The minimum absolute atomic E-state index is 0.0517. The Morgan fingerprint density at radius 1 is 1.30 bits per heavy atom. The molecule has 1 heterocycles. The predicted octanol–water partition coefficient (Wildman–Crippen LogP) is 3.20. The van der Waals surface area contributed by atoms with E-state index in [0.717, 1.165) is 39.0 Å². The van der Waals surface area contributed by atoms with Crippen LogP contribution >= 0.6 is 15.9 Å². The highest BCUT2D eigenvalue weighted by atomic mass is 79.9. The van der Waals surface area contributed by atoms with Crippen molar-refractivity contribution in [2.45, 2.75) is 31.7 Å². The van der Waals surface area contributed by atoms with Crippen LogP contribution in [0.4, 0.5) is 5.69 Å². The number of nitrogens with one attached hydrogen (secondary N) is 1. The van der Waals surface area contributed by atoms with Crippen LogP contribution in [0.2, 0.25) is 0 Å². The minimum Gasteiger partial charge on any atom is -0.502 e. The number of nitrogens with zero attached hydrogens (tertiary/aromatic N) is 2. The van der Waals surface area contributed by atoms with Crippen LogP contribution in [0.3, 0.4) is 0 Å². The molecule has 1 aliphatic heterocycles. The highest BCUT2D eigenvalue weighted by Crippen LogP contribution is 2.46. The van der Waals surface area contributed by atoms with E-state index in [9.17, 15) is 15.2 Å². The van der Waals surface area contributed by atoms with Crippen LogP contribution in [0.15, 0.2) is 16.6 Å². The molecular weight excluding hydrogens is 362 g/mol. The summed E-state index contributed by atoms with van der Waals surface area (Å²) in [6.45, 7) is 3.64. The molecule has 1 aliphatic carbocycles. The van der Waals surface area contributed by atoms with E-state index in [1.54, 1.807) is 0 Å². The maximum Gasteiger partial charge on any atom is 0.312 e. The molecule has 1 atom stereocenters. The van der Waals surface area contributed by atoms with Crippen molar-refractivity contribution in [3.8, 4) is 5.75 Å². The van der Waals surface area contributed by atoms with E-state index in [-0.39, 0.29) is 17.5 Å². The molecule has 0 bridgehead atoms. The molecule has 0 unspecified atom stereocenters. The van der Waals surface area contributed by atoms with Gasteiger partial charge in [0.05, 0.1) is 4.92 Å². The van der Waals surface area contributed by atoms with E-state index in [1.807, 2.05) is 6.07 Å². The standard InChI is InChI=1S/C16H22BrN3O3/c17-12-9-13(16(21)14(10-12)20(22)23)15(11-3-1-2-4-11)19-7-5-18-6-8-19/h9-11,15,18,21H,1-8H2/t15-/m0/s1. The van der Waals surface area contributed by atoms with Crippen molar-refractivity contribution in [2.75, 3.05) is 26.2 Å². The number of benzene rings is 1. The van der Waals surface area contributed by atoms with Gasteiger partial charge in [-0.3, -0.25) is 15.0 Å². The summed E-state index contributed by atoms with van der Waals surface area (Å²) in [4.78, 5) is 13.1. The summed E-state index contributed by atoms with van der Waals surface area (Å²) in [6.07, 6.45) is 4.64. The van der Waals surface area contributed by atoms with Gasteiger partial charge in [0.15, 0.2) is 5.75 Å². The molecule has 1 saturated carbocycles. The molecule has 126 valence electrons. The molecule has 1 aromatic carbocycles. The molecule has 1 aromatic rings. The van der Waals surface area contributed by atoms with Crippen molar-refractivity contribution in [1.82, 2.24) is 10.2 Å². The third-order valence-electron chi connectivity index (χ3n) is 4.99. The van der Waals surface area contributed by atoms with Gasteiger partial charge in [-0.1, -0.05) is 28.8 Å². The summed E-state index contributed by atoms with van der Waals surface area (Å²) in [5.74, 6) is 0.279. The molecule has 3 rings (SSSR count). The Morgan fingerprint density at radius 3 is 2.57 bits per heavy atom. The van der Waals surface area contributed by atoms with Gasteiger partial charge in [-0.05, 0) is 24.8 Å². The van der Waals surface area contributed by atoms with Crippen LogP contribution in [0.25, 0.3) is 0 Å². The normalized spacial score (nSPS) is 21.4. The maximum absolute atomic E-state index is 11.2. The topological polar surface area (TPSA) is 78.6 Å². The lowest BCUT2D eigenvalue weighted by Crippen LogP contribution is -2.46. The zero-order valence-corrected chi connectivity index (χ0v) is 14.6. The number of phenolic OH excluding ortho intramolecular Hbond substituents is 1. The van der Waals surface area contributed by atoms with Crippen LogP contribution in [-0.4, -0.2) is 41.1 Å². The summed E-state index contributed by atoms with van der Waals surface area (Å²) in [7, 11) is 0. The Bertz CT molecular complexity index is 584. The molecule has 1 saturated heterocycles. The Labute approximate surface area is 144 Å². The lowest BCUT2D eigenvalue weighted by atomic mass is 9.89. The van der Waals surface area contributed by atoms with Gasteiger partial charge in [0, 0.05) is 48.3 Å². The van der Waals surface area contributed by atoms with Gasteiger partial charge < -0.3 is 10.4 Å². The molecule has 0 amide bonds. The highest BCUT2D eigenvalue weighted by molar-refractivity contribution is 9.10. The number of phenols is 1. The first-order valence-electron chi connectivity index (χ1n) is 8.19. The molecule has 7 heteroatoms. The monoisotopic (exact) mass is 383 g/mol. The number of nitro benzene ring substituents is 1. The number of piperazine rings is 1. The molecule has 0 spiro atoms. The van der Waals surface area contributed by atoms with Gasteiger partial charge in [-0.15, -0.1) is 0 Å². The van der Waals surface area contributed by atoms with Crippen molar-refractivity contribution < 1.29 is 10.0 Å². The smallest absolute Gasteiger partial charge is 0.312 e. The fraction of sp³-hybridized carbons (Fsp3) is 0.625. The van der Waals surface area contributed by atoms with Crippen molar-refractivity contribution >= 4 is 21.6 Å². The molecule has 6 nitrogen and oxygen atoms in total. The van der Waals surface area contributed by atoms with Crippen molar-refractivity contribution in [3.05, 3.63) is 32.3 Å². The fourth-order valence-corrected chi connectivity index (χ4v) is 4.42. The third-order valence-corrected chi connectivity index (χ3v) is 5.45. The lowest BCUT2D eigenvalue weighted by Gasteiger charge is -2.38. The number of nitro groups is 1. The number of hydrogen-bond donors (Lipinski definition) is 2. The second-order valence-corrected chi connectivity index (χ2v) is 7.31. The highest BCUT2D eigenvalue weighted by Gasteiger charge is 2.35. The van der Waals surface area contributed by atoms with Crippen LogP contribution in [0, 0.1) is 16.0 Å². The third kappa shape index (κ3) is 3.51. The van der Waals surface area contributed by atoms with E-state index < -0.39 is 4.92 Å². The Morgan fingerprint density at radius 2 is 1.96 bits per heavy atom. The van der Waals surface area contributed by atoms with Gasteiger partial charge in [-0.2, -0.15) is 0 Å². The zero-order valence-electron chi connectivity index (χ0n) is 13.0. The first-order valence-corrected chi connectivity index (χ1v) is 8.99. The van der Waals surface area contributed by atoms with Gasteiger partial charge in [0.25, 0.3) is 0 Å². The maximum atomic E-state index is 11.2. The SMILES string of the molecule is O=[N+]([O-])c1cc(Br)cc([C@H](C2CCCC2)N2CCNCC2)c1O. The molecule has 0 aromatic heterocycles. The van der Waals surface area contributed by atoms with E-state index >= 15 is 0 Å². The van der Waals surface area contributed by atoms with Crippen LogP contribution in [0.5, 0.6) is 5.75 Å². The lowest BCUT2D eigenvalue weighted by molar-refractivity contribution is -0.386. The summed E-state index contributed by atoms with van der Waals surface area (Å²) in [5.41, 5.74) is 0.479. The summed E-state index contributed by atoms with van der Waals surface area (Å²) >= 11 is 3.37. The van der Waals surface area contributed by atoms with Gasteiger partial charge in [0.1, 0.15) is 0 Å². The van der Waals surface area contributed by atoms with E-state index in [0.29, 0.717) is 16.0 Å². The fourth-order valence-electron chi connectivity index (χ4n) is 3.95. The quantitative estimate of drug-likeness (QED) is 0.616. The molecule has 23 heavy (non-hydrogen) atoms. The average Bonchev–Trinajstić information content (AvgIpc) is 3.05. The number of rotatable bonds is 4. The molecule has 0 radical (unpaired) electrons. The van der Waals surface area contributed by atoms with Gasteiger partial charge in [0.2, 0.25) is 0 Å². The molecular formula is C16H22BrN3O3. The van der Waals surface area contributed by atoms with Crippen molar-refractivity contribution in [2.24, 2.45) is 5.92 Å². The van der Waals surface area contributed by atoms with Crippen LogP contribution in [0.1, 0.15) is 37.3 Å². The van der Waals surface area contributed by atoms with E-state index in [2.05, 4.69) is 26.1 Å². The second-order valence-electron chi connectivity index (χ2n) is 6.40. The Balaban J connectivity index is 2.03. The average molecular weight is 384 g/mol. The second kappa shape index (κ2) is 7.15. The predicted molar refractivity (Wildman–Crippen MR) is 91.6 cm³/mol. The first-order chi connectivity index (χ1) is 11.1. The number of aromatic hydroxyl groups is 1. The Hall–Kier alpha value is -1.18. The molecule has 2 aliphatic rings. The molecule has 2 N–H and O–H groups in total. The molecule has 2 fully saturated rings. The van der Waals surface area contributed by atoms with E-state index in [4.69, 9.17) is 0 Å². The minimum atomic E-state index is -0.507. The zero-order chi connectivity index (χ0) is 16.4. The number of hydrogen-bond acceptors (Lipinski definition) is 5. The van der Waals surface area contributed by atoms with E-state index in [1.165, 1.54) is 18.9 Å². The number of halogens is 1. The largest absolute Gasteiger partial charge is 0.502 e. The van der Waals surface area contributed by atoms with Gasteiger partial charge >= 0.3 is 5.69 Å². The van der Waals surface area contributed by atoms with Crippen LogP contribution in [-0.2, 0) is 0 Å². The summed E-state index contributed by atoms with van der Waals surface area (Å²) in [5, 5.41) is 25.1. The van der Waals surface area contributed by atoms with Gasteiger partial charge in [-0.25, -0.2) is 0 Å². The summed E-state index contributed by atoms with van der Waals surface area (Å²) < 4.78 is 0.648. The first kappa shape index (κ1) is 16.7.